The molecule has 0 radical (unpaired) electrons. The van der Waals surface area contributed by atoms with Gasteiger partial charge in [-0.15, -0.1) is 65.5 Å². The van der Waals surface area contributed by atoms with Gasteiger partial charge in [-0.05, 0) is 248 Å². The summed E-state index contributed by atoms with van der Waals surface area (Å²) in [4.78, 5) is 97.0. The molecule has 5 amide bonds. The predicted molar refractivity (Wildman–Crippen MR) is 525 cm³/mol. The van der Waals surface area contributed by atoms with Crippen molar-refractivity contribution >= 4 is 136 Å². The number of guanidine groups is 5. The van der Waals surface area contributed by atoms with E-state index in [0.29, 0.717) is 27.8 Å². The summed E-state index contributed by atoms with van der Waals surface area (Å²) in [5.41, 5.74) is 29.6. The molecule has 9 heterocycles. The molecule has 10 N–H and O–H groups in total. The summed E-state index contributed by atoms with van der Waals surface area (Å²) in [6, 6.07) is 51.2. The number of carbonyl (C=O) groups excluding carboxylic acids is 5. The Morgan fingerprint density at radius 1 is 0.388 bits per heavy atom. The van der Waals surface area contributed by atoms with Crippen LogP contribution < -0.4 is 47.6 Å². The van der Waals surface area contributed by atoms with E-state index in [2.05, 4.69) is 87.2 Å². The minimum Gasteiger partial charge on any atom is -0.435 e. The van der Waals surface area contributed by atoms with E-state index >= 15 is 0 Å². The summed E-state index contributed by atoms with van der Waals surface area (Å²) < 4.78 is 223. The first-order valence-corrected chi connectivity index (χ1v) is 47.6. The van der Waals surface area contributed by atoms with Gasteiger partial charge in [0.15, 0.2) is 29.8 Å². The molecule has 49 heteroatoms. The first-order chi connectivity index (χ1) is 68.7. The number of aliphatic imine (C=N–C) groups is 5. The van der Waals surface area contributed by atoms with Gasteiger partial charge < -0.3 is 47.6 Å². The van der Waals surface area contributed by atoms with Crippen molar-refractivity contribution < 1.29 is 113 Å². The third-order valence-electron chi connectivity index (χ3n) is 25.0. The van der Waals surface area contributed by atoms with Crippen LogP contribution >= 0.6 is 65.9 Å². The van der Waals surface area contributed by atoms with Gasteiger partial charge in [0.2, 0.25) is 29.5 Å². The van der Waals surface area contributed by atoms with Gasteiger partial charge in [0.25, 0.3) is 0 Å². The highest BCUT2D eigenvalue weighted by molar-refractivity contribution is 9.11. The second-order valence-corrected chi connectivity index (χ2v) is 39.0. The number of aryl methyl sites for hydroxylation is 1. The molecule has 5 aliphatic heterocycles. The maximum atomic E-state index is 13.5. The van der Waals surface area contributed by atoms with Crippen LogP contribution in [0.3, 0.4) is 0 Å². The Bertz CT molecular complexity index is 6860. The van der Waals surface area contributed by atoms with Crippen LogP contribution in [0.15, 0.2) is 256 Å². The van der Waals surface area contributed by atoms with Gasteiger partial charge in [-0.2, -0.15) is 49.2 Å². The van der Waals surface area contributed by atoms with E-state index in [-0.39, 0.29) is 70.1 Å². The largest absolute Gasteiger partial charge is 0.573 e. The van der Waals surface area contributed by atoms with Crippen LogP contribution in [-0.4, -0.2) is 160 Å². The maximum absolute atomic E-state index is 13.5. The van der Waals surface area contributed by atoms with Crippen molar-refractivity contribution in [2.45, 2.75) is 130 Å². The number of benzene rings is 8. The molecule has 4 aromatic heterocycles. The zero-order valence-corrected chi connectivity index (χ0v) is 84.4. The third kappa shape index (κ3) is 23.3. The van der Waals surface area contributed by atoms with Crippen molar-refractivity contribution in [2.24, 2.45) is 60.7 Å². The topological polar surface area (TPSA) is 385 Å². The molecule has 0 bridgehead atoms. The van der Waals surface area contributed by atoms with E-state index in [0.717, 1.165) is 110 Å². The van der Waals surface area contributed by atoms with Gasteiger partial charge in [0.1, 0.15) is 56.2 Å². The lowest BCUT2D eigenvalue weighted by Crippen LogP contribution is -2.52. The Balaban J connectivity index is 0.000000154. The molecule has 12 aromatic rings. The fourth-order valence-electron chi connectivity index (χ4n) is 17.5. The Labute approximate surface area is 856 Å². The normalized spacial score (nSPS) is 22.3. The van der Waals surface area contributed by atoms with Gasteiger partial charge in [-0.25, -0.2) is 29.6 Å². The number of rotatable bonds is 17. The quantitative estimate of drug-likeness (QED) is 0.0529. The van der Waals surface area contributed by atoms with Gasteiger partial charge in [-0.1, -0.05) is 96.2 Å². The number of aromatic nitrogens is 3. The van der Waals surface area contributed by atoms with E-state index in [1.807, 2.05) is 84.7 Å². The lowest BCUT2D eigenvalue weighted by molar-refractivity contribution is -0.275. The summed E-state index contributed by atoms with van der Waals surface area (Å²) in [6.45, 7) is 2.55. The maximum Gasteiger partial charge on any atom is 0.573 e. The Hall–Kier alpha value is -14.5. The molecule has 5 aliphatic rings. The molecule has 0 saturated heterocycles. The average Bonchev–Trinajstić information content (AvgIpc) is 0.810. The van der Waals surface area contributed by atoms with Crippen molar-refractivity contribution in [3.8, 4) is 40.2 Å². The Morgan fingerprint density at radius 2 is 0.721 bits per heavy atom. The summed E-state index contributed by atoms with van der Waals surface area (Å²) in [5.74, 6) is -6.99. The van der Waals surface area contributed by atoms with E-state index < -0.39 is 130 Å². The van der Waals surface area contributed by atoms with E-state index in [9.17, 15) is 99.5 Å². The first-order valence-electron chi connectivity index (χ1n) is 43.4. The van der Waals surface area contributed by atoms with Crippen LogP contribution in [0.2, 0.25) is 0 Å². The second kappa shape index (κ2) is 42.5. The zero-order chi connectivity index (χ0) is 108. The van der Waals surface area contributed by atoms with Gasteiger partial charge in [0.05, 0.1) is 57.9 Å². The minimum atomic E-state index is -4.90. The highest BCUT2D eigenvalue weighted by Gasteiger charge is 2.55. The summed E-state index contributed by atoms with van der Waals surface area (Å²) in [5, 5.41) is 23.2. The number of likely N-dealkylation sites (N-methyl/N-ethyl adjacent to an activating group) is 5. The number of nitriles is 1. The molecule has 0 saturated carbocycles. The van der Waals surface area contributed by atoms with Crippen LogP contribution in [-0.2, 0) is 71.1 Å². The molecular formula is C98H87Br2F16N19O9S3. The fraction of sp³-hybridized carbons (Fsp3) is 0.276. The number of nitrogens with two attached hydrogens (primary N) is 5. The minimum absolute atomic E-state index is 0.0703. The fourth-order valence-corrected chi connectivity index (χ4v) is 22.3. The van der Waals surface area contributed by atoms with Crippen molar-refractivity contribution in [1.82, 2.24) is 39.5 Å². The highest BCUT2D eigenvalue weighted by Crippen LogP contribution is 2.54. The smallest absolute Gasteiger partial charge is 0.435 e. The van der Waals surface area contributed by atoms with Crippen molar-refractivity contribution in [2.75, 3.05) is 35.2 Å². The van der Waals surface area contributed by atoms with E-state index in [4.69, 9.17) is 33.7 Å². The van der Waals surface area contributed by atoms with E-state index in [1.165, 1.54) is 174 Å². The number of fused-ring (bicyclic) bond motifs is 1. The predicted octanol–water partition coefficient (Wildman–Crippen LogP) is 19.9. The summed E-state index contributed by atoms with van der Waals surface area (Å²) in [6.07, 6.45) is -18.7. The molecule has 28 nitrogen and oxygen atoms in total. The van der Waals surface area contributed by atoms with Crippen LogP contribution in [0.5, 0.6) is 23.0 Å². The molecular weight excluding hydrogens is 2150 g/mol. The number of nitrogens with zero attached hydrogens (tertiary/aromatic N) is 14. The molecule has 0 spiro atoms. The Morgan fingerprint density at radius 3 is 1.06 bits per heavy atom. The van der Waals surface area contributed by atoms with Crippen LogP contribution in [0.25, 0.3) is 22.2 Å². The lowest BCUT2D eigenvalue weighted by Gasteiger charge is -2.41. The number of alkyl halides is 16. The number of amides is 5. The Kier molecular flexibility index (Phi) is 31.7. The summed E-state index contributed by atoms with van der Waals surface area (Å²) in [7, 11) is 9.29. The van der Waals surface area contributed by atoms with Crippen LogP contribution in [0.4, 0.5) is 70.2 Å². The third-order valence-corrected chi connectivity index (χ3v) is 30.3. The number of carbonyl (C=O) groups is 5. The summed E-state index contributed by atoms with van der Waals surface area (Å²) >= 11 is 11.3. The number of hydrogen-bond acceptors (Lipinski definition) is 25. The molecule has 0 unspecified atom stereocenters. The molecule has 17 rings (SSSR count). The monoisotopic (exact) mass is 2230 g/mol. The molecule has 147 heavy (non-hydrogen) atoms. The highest BCUT2D eigenvalue weighted by atomic mass is 79.9. The lowest BCUT2D eigenvalue weighted by atomic mass is 9.74. The molecule has 8 aromatic carbocycles. The molecule has 0 fully saturated rings. The van der Waals surface area contributed by atoms with E-state index in [1.54, 1.807) is 45.5 Å². The van der Waals surface area contributed by atoms with Crippen molar-refractivity contribution in [3.05, 3.63) is 302 Å². The number of thiophene rings is 3. The van der Waals surface area contributed by atoms with Crippen molar-refractivity contribution in [1.29, 1.82) is 5.26 Å². The van der Waals surface area contributed by atoms with Gasteiger partial charge >= 0.3 is 38.3 Å². The van der Waals surface area contributed by atoms with Gasteiger partial charge in [0, 0.05) is 65.9 Å². The van der Waals surface area contributed by atoms with Gasteiger partial charge in [-0.3, -0.25) is 48.5 Å². The zero-order valence-electron chi connectivity index (χ0n) is 78.8. The number of halogens is 18. The number of hydrogen-bond donors (Lipinski definition) is 5. The van der Waals surface area contributed by atoms with Crippen LogP contribution in [0, 0.1) is 11.3 Å². The van der Waals surface area contributed by atoms with Crippen molar-refractivity contribution in [3.63, 3.8) is 0 Å². The molecule has 10 atom stereocenters. The molecule has 772 valence electrons. The van der Waals surface area contributed by atoms with Crippen LogP contribution in [0.1, 0.15) is 134 Å². The SMILES string of the molecule is CN1C(=O)[C@@H](c2ccc(C(F)(F)F)cc2)[C@@](C)(c2sccc2Br)N=C1N.CN1C(=O)[C@@H](c2ccc(OC(F)F)cc2)[C@@](C)(c2cccc(OC(F)(F)F)c2)N=C1N.CN1C(=O)[C@H](c2ccc(C(F)(F)F)cc2)[C@@](C)(c2sccc2Br)N=C1N.CN1C(=O)[C@H](c2ccc(OC(F)F)cc2)[C@@](C)(c2cccc(OC(F)(F)F)c2)N=C1N.CN1C(=O)[C@H](c2ccc3nnn(C)c3c2)[C@@](C)(c2cc(-c3cccc(C#N)c3)cs2)N=C1N. The second-order valence-electron chi connectivity index (χ2n) is 34.6. The standard InChI is InChI=1S/C24H21N7OS.2C20H18F5N3O3.2C17H15BrF3N3OS/c1-24(20-11-17(13-33-20)15-6-4-5-14(9-15)12-25)21(22(32)30(2)23(26)27-24)16-7-8-18-19(10-16)31(3)29-28-18;2*1-19(12-4-3-5-14(10-12)31-20(23,24)25)15(16(29)28(2)18(26)27-19)11-6-8-13(9-7-11)30-17(21)22;2*1-16(13-11(18)7-8-26-13)12(14(25)24(2)15(22)23-16)9-3-5-10(6-4-9)17(19,20)21/h4-11,13,21H,1-3H3,(H2,26,27);2*3-10,15,17H,1-2H3,(H2,26,27);2*3-8,12H,1-2H3,(H2,22,23)/t21-,24+;15-,19+;15-,19-;12-,16+;12-,16-/m00110/s1. The molecule has 0 aliphatic carbocycles. The average molecular weight is 2230 g/mol. The first kappa shape index (κ1) is 110. The number of ether oxygens (including phenoxy) is 4.